The van der Waals surface area contributed by atoms with Gasteiger partial charge in [0.25, 0.3) is 0 Å². The Kier molecular flexibility index (Phi) is 3.22. The van der Waals surface area contributed by atoms with Crippen LogP contribution in [0, 0.1) is 5.82 Å². The summed E-state index contributed by atoms with van der Waals surface area (Å²) in [5.74, 6) is -0.383. The summed E-state index contributed by atoms with van der Waals surface area (Å²) < 4.78 is 15.0. The Morgan fingerprint density at radius 2 is 2.31 bits per heavy atom. The summed E-state index contributed by atoms with van der Waals surface area (Å²) in [6, 6.07) is 4.57. The first-order valence-corrected chi connectivity index (χ1v) is 5.22. The number of nitrogens with one attached hydrogen (secondary N) is 1. The Balaban J connectivity index is 2.42. The van der Waals surface area contributed by atoms with E-state index in [1.807, 2.05) is 7.05 Å². The Morgan fingerprint density at radius 3 is 3.00 bits per heavy atom. The highest BCUT2D eigenvalue weighted by Gasteiger charge is 2.10. The van der Waals surface area contributed by atoms with Crippen molar-refractivity contribution in [1.82, 2.24) is 15.1 Å². The van der Waals surface area contributed by atoms with Crippen molar-refractivity contribution in [3.63, 3.8) is 0 Å². The lowest BCUT2D eigenvalue weighted by Crippen LogP contribution is -2.04. The van der Waals surface area contributed by atoms with Crippen molar-refractivity contribution in [2.45, 2.75) is 6.54 Å². The number of nitrogens with zero attached hydrogens (tertiary/aromatic N) is 2. The van der Waals surface area contributed by atoms with Crippen LogP contribution in [0.2, 0.25) is 5.02 Å². The molecule has 2 rings (SSSR count). The monoisotopic (exact) mass is 239 g/mol. The molecule has 1 aromatic carbocycles. The molecule has 1 aromatic heterocycles. The molecule has 0 radical (unpaired) electrons. The predicted octanol–water partition coefficient (Wildman–Crippen LogP) is 2.38. The smallest absolute Gasteiger partial charge is 0.150 e. The number of hydrogen-bond donors (Lipinski definition) is 1. The molecule has 0 aliphatic carbocycles. The third kappa shape index (κ3) is 2.08. The summed E-state index contributed by atoms with van der Waals surface area (Å²) in [6.45, 7) is 0.687. The summed E-state index contributed by atoms with van der Waals surface area (Å²) in [7, 11) is 1.84. The van der Waals surface area contributed by atoms with Crippen molar-refractivity contribution < 1.29 is 4.39 Å². The quantitative estimate of drug-likeness (QED) is 0.891. The summed E-state index contributed by atoms with van der Waals surface area (Å²) >= 11 is 5.93. The standard InChI is InChI=1S/C11H11ClFN3/c1-14-5-8-6-15-16(7-8)11-9(12)3-2-4-10(11)13/h2-4,6-7,14H,5H2,1H3. The van der Waals surface area contributed by atoms with Gasteiger partial charge in [0.05, 0.1) is 11.2 Å². The van der Waals surface area contributed by atoms with E-state index in [4.69, 9.17) is 11.6 Å². The summed E-state index contributed by atoms with van der Waals surface area (Å²) in [4.78, 5) is 0. The lowest BCUT2D eigenvalue weighted by molar-refractivity contribution is 0.611. The molecule has 0 amide bonds. The van der Waals surface area contributed by atoms with Crippen LogP contribution in [0.4, 0.5) is 4.39 Å². The van der Waals surface area contributed by atoms with Crippen molar-refractivity contribution in [3.05, 3.63) is 47.0 Å². The molecule has 84 valence electrons. The second-order valence-electron chi connectivity index (χ2n) is 3.39. The molecule has 0 atom stereocenters. The van der Waals surface area contributed by atoms with Crippen molar-refractivity contribution in [2.24, 2.45) is 0 Å². The van der Waals surface area contributed by atoms with Crippen LogP contribution < -0.4 is 5.32 Å². The van der Waals surface area contributed by atoms with Gasteiger partial charge in [-0.25, -0.2) is 9.07 Å². The van der Waals surface area contributed by atoms with Crippen molar-refractivity contribution in [3.8, 4) is 5.69 Å². The maximum absolute atomic E-state index is 13.6. The average molecular weight is 240 g/mol. The molecular formula is C11H11ClFN3. The molecule has 1 heterocycles. The van der Waals surface area contributed by atoms with Crippen LogP contribution in [0.1, 0.15) is 5.56 Å². The molecule has 0 saturated carbocycles. The Bertz CT molecular complexity index is 475. The van der Waals surface area contributed by atoms with Crippen LogP contribution >= 0.6 is 11.6 Å². The lowest BCUT2D eigenvalue weighted by atomic mass is 10.3. The fourth-order valence-electron chi connectivity index (χ4n) is 1.49. The maximum Gasteiger partial charge on any atom is 0.150 e. The topological polar surface area (TPSA) is 29.9 Å². The largest absolute Gasteiger partial charge is 0.316 e. The van der Waals surface area contributed by atoms with E-state index in [1.165, 1.54) is 10.7 Å². The number of halogens is 2. The van der Waals surface area contributed by atoms with Gasteiger partial charge in [0.1, 0.15) is 11.5 Å². The lowest BCUT2D eigenvalue weighted by Gasteiger charge is -2.04. The minimum atomic E-state index is -0.383. The second kappa shape index (κ2) is 4.63. The fraction of sp³-hybridized carbons (Fsp3) is 0.182. The minimum absolute atomic E-state index is 0.284. The van der Waals surface area contributed by atoms with Gasteiger partial charge in [0, 0.05) is 18.3 Å². The predicted molar refractivity (Wildman–Crippen MR) is 61.3 cm³/mol. The number of benzene rings is 1. The van der Waals surface area contributed by atoms with Crippen LogP contribution in [0.25, 0.3) is 5.69 Å². The summed E-state index contributed by atoms with van der Waals surface area (Å²) in [5, 5.41) is 7.42. The molecule has 1 N–H and O–H groups in total. The highest BCUT2D eigenvalue weighted by atomic mass is 35.5. The molecule has 0 unspecified atom stereocenters. The van der Waals surface area contributed by atoms with E-state index in [0.29, 0.717) is 11.6 Å². The molecule has 0 spiro atoms. The van der Waals surface area contributed by atoms with Gasteiger partial charge >= 0.3 is 0 Å². The van der Waals surface area contributed by atoms with E-state index in [9.17, 15) is 4.39 Å². The molecule has 16 heavy (non-hydrogen) atoms. The van der Waals surface area contributed by atoms with Crippen molar-refractivity contribution in [2.75, 3.05) is 7.05 Å². The number of rotatable bonds is 3. The van der Waals surface area contributed by atoms with Crippen molar-refractivity contribution in [1.29, 1.82) is 0 Å². The van der Waals surface area contributed by atoms with Crippen LogP contribution in [-0.4, -0.2) is 16.8 Å². The normalized spacial score (nSPS) is 10.7. The van der Waals surface area contributed by atoms with Gasteiger partial charge in [0.2, 0.25) is 0 Å². The zero-order valence-electron chi connectivity index (χ0n) is 8.74. The first-order chi connectivity index (χ1) is 7.72. The van der Waals surface area contributed by atoms with Gasteiger partial charge in [-0.1, -0.05) is 17.7 Å². The number of para-hydroxylation sites is 1. The zero-order chi connectivity index (χ0) is 11.5. The van der Waals surface area contributed by atoms with Gasteiger partial charge < -0.3 is 5.32 Å². The molecule has 0 aliphatic heterocycles. The molecule has 3 nitrogen and oxygen atoms in total. The first kappa shape index (κ1) is 11.1. The van der Waals surface area contributed by atoms with E-state index in [2.05, 4.69) is 10.4 Å². The molecule has 0 aliphatic rings. The Hall–Kier alpha value is -1.39. The van der Waals surface area contributed by atoms with E-state index >= 15 is 0 Å². The Morgan fingerprint density at radius 1 is 1.50 bits per heavy atom. The SMILES string of the molecule is CNCc1cnn(-c2c(F)cccc2Cl)c1. The fourth-order valence-corrected chi connectivity index (χ4v) is 1.74. The molecular weight excluding hydrogens is 229 g/mol. The first-order valence-electron chi connectivity index (χ1n) is 4.85. The molecule has 0 fully saturated rings. The summed E-state index contributed by atoms with van der Waals surface area (Å²) in [6.07, 6.45) is 3.43. The average Bonchev–Trinajstić information content (AvgIpc) is 2.67. The van der Waals surface area contributed by atoms with Crippen LogP contribution in [-0.2, 0) is 6.54 Å². The molecule has 0 bridgehead atoms. The zero-order valence-corrected chi connectivity index (χ0v) is 9.50. The number of aromatic nitrogens is 2. The highest BCUT2D eigenvalue weighted by Crippen LogP contribution is 2.22. The summed E-state index contributed by atoms with van der Waals surface area (Å²) in [5.41, 5.74) is 1.26. The van der Waals surface area contributed by atoms with E-state index < -0.39 is 0 Å². The van der Waals surface area contributed by atoms with Crippen LogP contribution in [0.3, 0.4) is 0 Å². The Labute approximate surface area is 97.8 Å². The van der Waals surface area contributed by atoms with E-state index in [1.54, 1.807) is 24.5 Å². The molecule has 5 heteroatoms. The second-order valence-corrected chi connectivity index (χ2v) is 3.80. The molecule has 0 saturated heterocycles. The maximum atomic E-state index is 13.6. The molecule has 2 aromatic rings. The van der Waals surface area contributed by atoms with Crippen LogP contribution in [0.5, 0.6) is 0 Å². The third-order valence-electron chi connectivity index (χ3n) is 2.18. The van der Waals surface area contributed by atoms with Crippen molar-refractivity contribution >= 4 is 11.6 Å². The van der Waals surface area contributed by atoms with Gasteiger partial charge in [-0.2, -0.15) is 5.10 Å². The number of hydrogen-bond acceptors (Lipinski definition) is 2. The van der Waals surface area contributed by atoms with Gasteiger partial charge in [-0.05, 0) is 19.2 Å². The van der Waals surface area contributed by atoms with Gasteiger partial charge in [-0.3, -0.25) is 0 Å². The van der Waals surface area contributed by atoms with Gasteiger partial charge in [-0.15, -0.1) is 0 Å². The van der Waals surface area contributed by atoms with Crippen LogP contribution in [0.15, 0.2) is 30.6 Å². The third-order valence-corrected chi connectivity index (χ3v) is 2.49. The van der Waals surface area contributed by atoms with E-state index in [-0.39, 0.29) is 11.5 Å². The highest BCUT2D eigenvalue weighted by molar-refractivity contribution is 6.32. The van der Waals surface area contributed by atoms with E-state index in [0.717, 1.165) is 5.56 Å². The van der Waals surface area contributed by atoms with Gasteiger partial charge in [0.15, 0.2) is 0 Å². The minimum Gasteiger partial charge on any atom is -0.316 e.